The van der Waals surface area contributed by atoms with E-state index in [1.165, 1.54) is 0 Å². The average molecular weight is 856 g/mol. The van der Waals surface area contributed by atoms with Crippen LogP contribution < -0.4 is 0 Å². The minimum absolute atomic E-state index is 0.611. The highest BCUT2D eigenvalue weighted by atomic mass is 127. The van der Waals surface area contributed by atoms with E-state index in [1.54, 1.807) is 0 Å². The maximum absolute atomic E-state index is 6.61. The third-order valence-electron chi connectivity index (χ3n) is 11.3. The van der Waals surface area contributed by atoms with Gasteiger partial charge in [0, 0.05) is 43.4 Å². The molecule has 58 heavy (non-hydrogen) atoms. The Morgan fingerprint density at radius 2 is 1.02 bits per heavy atom. The van der Waals surface area contributed by atoms with Crippen LogP contribution in [0.2, 0.25) is 0 Å². The topological polar surface area (TPSA) is 57.0 Å². The van der Waals surface area contributed by atoms with Crippen molar-refractivity contribution in [1.29, 1.82) is 0 Å². The highest BCUT2D eigenvalue weighted by Gasteiger charge is 2.25. The van der Waals surface area contributed by atoms with Gasteiger partial charge in [-0.15, -0.1) is 0 Å². The fraction of sp³-hybridized carbons (Fsp3) is 0. The van der Waals surface area contributed by atoms with Crippen molar-refractivity contribution in [2.75, 3.05) is 0 Å². The summed E-state index contributed by atoms with van der Waals surface area (Å²) in [5.41, 5.74) is 12.8. The lowest BCUT2D eigenvalue weighted by Gasteiger charge is -2.17. The lowest BCUT2D eigenvalue weighted by molar-refractivity contribution is 0.669. The van der Waals surface area contributed by atoms with E-state index in [2.05, 4.69) is 185 Å². The molecule has 0 aliphatic heterocycles. The van der Waals surface area contributed by atoms with E-state index in [9.17, 15) is 0 Å². The molecule has 0 fully saturated rings. The number of fused-ring (bicyclic) bond motifs is 10. The molecule has 0 atom stereocenters. The van der Waals surface area contributed by atoms with E-state index in [0.29, 0.717) is 5.82 Å². The van der Waals surface area contributed by atoms with Crippen molar-refractivity contribution in [1.82, 2.24) is 14.5 Å². The van der Waals surface area contributed by atoms with Crippen molar-refractivity contribution in [2.24, 2.45) is 0 Å². The normalized spacial score (nSPS) is 11.9. The molecule has 0 saturated heterocycles. The van der Waals surface area contributed by atoms with E-state index in [4.69, 9.17) is 18.8 Å². The van der Waals surface area contributed by atoms with Crippen LogP contribution in [0.4, 0.5) is 0 Å². The third kappa shape index (κ3) is 5.01. The Balaban J connectivity index is 1.15. The zero-order valence-electron chi connectivity index (χ0n) is 30.9. The van der Waals surface area contributed by atoms with Crippen LogP contribution in [0.15, 0.2) is 191 Å². The summed E-state index contributed by atoms with van der Waals surface area (Å²) in [5, 5.41) is 6.62. The Labute approximate surface area is 346 Å². The second-order valence-electron chi connectivity index (χ2n) is 14.6. The first-order valence-corrected chi connectivity index (χ1v) is 20.3. The first-order chi connectivity index (χ1) is 28.7. The second-order valence-corrected chi connectivity index (χ2v) is 15.7. The molecule has 0 unspecified atom stereocenters. The molecule has 12 aromatic rings. The van der Waals surface area contributed by atoms with Gasteiger partial charge < -0.3 is 8.83 Å². The van der Waals surface area contributed by atoms with Gasteiger partial charge in [-0.3, -0.25) is 4.57 Å². The number of aromatic nitrogens is 3. The molecule has 8 aromatic carbocycles. The molecular formula is C52H30IN3O2. The molecule has 12 rings (SSSR count). The minimum atomic E-state index is 0.611. The highest BCUT2D eigenvalue weighted by Crippen LogP contribution is 2.44. The van der Waals surface area contributed by atoms with Crippen molar-refractivity contribution in [3.8, 4) is 50.7 Å². The fourth-order valence-electron chi connectivity index (χ4n) is 8.78. The van der Waals surface area contributed by atoms with Crippen molar-refractivity contribution in [2.45, 2.75) is 0 Å². The summed E-state index contributed by atoms with van der Waals surface area (Å²) in [7, 11) is 0. The number of hydrogen-bond acceptors (Lipinski definition) is 4. The zero-order chi connectivity index (χ0) is 38.3. The van der Waals surface area contributed by atoms with E-state index >= 15 is 0 Å². The van der Waals surface area contributed by atoms with Gasteiger partial charge >= 0.3 is 0 Å². The predicted molar refractivity (Wildman–Crippen MR) is 245 cm³/mol. The molecule has 0 saturated carbocycles. The average Bonchev–Trinajstić information content (AvgIpc) is 3.96. The van der Waals surface area contributed by atoms with Gasteiger partial charge in [-0.1, -0.05) is 140 Å². The number of halogens is 1. The Hall–Kier alpha value is -7.03. The van der Waals surface area contributed by atoms with Gasteiger partial charge in [0.2, 0.25) is 0 Å². The molecule has 272 valence electrons. The number of benzene rings is 8. The molecule has 0 radical (unpaired) electrons. The molecule has 0 spiro atoms. The molecule has 0 N–H and O–H groups in total. The molecule has 5 nitrogen and oxygen atoms in total. The Kier molecular flexibility index (Phi) is 7.43. The van der Waals surface area contributed by atoms with Crippen LogP contribution in [0.25, 0.3) is 116 Å². The van der Waals surface area contributed by atoms with E-state index < -0.39 is 0 Å². The monoisotopic (exact) mass is 855 g/mol. The Bertz CT molecular complexity index is 3580. The van der Waals surface area contributed by atoms with Crippen LogP contribution in [0.3, 0.4) is 0 Å². The van der Waals surface area contributed by atoms with Gasteiger partial charge in [-0.2, -0.15) is 0 Å². The predicted octanol–water partition coefficient (Wildman–Crippen LogP) is 14.6. The second kappa shape index (κ2) is 13.0. The molecule has 4 heterocycles. The number of furan rings is 2. The van der Waals surface area contributed by atoms with Crippen molar-refractivity contribution in [3.05, 3.63) is 186 Å². The Morgan fingerprint density at radius 1 is 0.397 bits per heavy atom. The van der Waals surface area contributed by atoms with Gasteiger partial charge in [0.25, 0.3) is 0 Å². The smallest absolute Gasteiger partial charge is 0.162 e. The first-order valence-electron chi connectivity index (χ1n) is 19.3. The van der Waals surface area contributed by atoms with Gasteiger partial charge in [-0.25, -0.2) is 9.97 Å². The van der Waals surface area contributed by atoms with Crippen LogP contribution in [0, 0.1) is 3.57 Å². The maximum atomic E-state index is 6.61. The van der Waals surface area contributed by atoms with Gasteiger partial charge in [0.15, 0.2) is 11.6 Å². The van der Waals surface area contributed by atoms with Crippen LogP contribution in [-0.4, -0.2) is 14.5 Å². The molecule has 0 bridgehead atoms. The maximum Gasteiger partial charge on any atom is 0.162 e. The molecule has 0 amide bonds. The zero-order valence-corrected chi connectivity index (χ0v) is 33.0. The van der Waals surface area contributed by atoms with Crippen molar-refractivity contribution < 1.29 is 8.83 Å². The van der Waals surface area contributed by atoms with Gasteiger partial charge in [-0.05, 0) is 87.3 Å². The number of rotatable bonds is 5. The summed E-state index contributed by atoms with van der Waals surface area (Å²) in [6.45, 7) is 0. The molecule has 4 aromatic heterocycles. The number of hydrogen-bond donors (Lipinski definition) is 0. The first kappa shape index (κ1) is 33.1. The largest absolute Gasteiger partial charge is 0.456 e. The van der Waals surface area contributed by atoms with Crippen LogP contribution >= 0.6 is 22.6 Å². The van der Waals surface area contributed by atoms with Crippen molar-refractivity contribution >= 4 is 88.3 Å². The van der Waals surface area contributed by atoms with Gasteiger partial charge in [0.05, 0.1) is 20.3 Å². The van der Waals surface area contributed by atoms with Crippen LogP contribution in [0.5, 0.6) is 0 Å². The van der Waals surface area contributed by atoms with Crippen molar-refractivity contribution in [3.63, 3.8) is 0 Å². The lowest BCUT2D eigenvalue weighted by atomic mass is 9.97. The summed E-state index contributed by atoms with van der Waals surface area (Å²) >= 11 is 2.46. The highest BCUT2D eigenvalue weighted by molar-refractivity contribution is 14.1. The summed E-state index contributed by atoms with van der Waals surface area (Å²) in [4.78, 5) is 11.0. The van der Waals surface area contributed by atoms with E-state index in [0.717, 1.165) is 114 Å². The number of para-hydroxylation sites is 2. The lowest BCUT2D eigenvalue weighted by Crippen LogP contribution is -2.07. The molecule has 0 aliphatic rings. The summed E-state index contributed by atoms with van der Waals surface area (Å²) < 4.78 is 16.3. The van der Waals surface area contributed by atoms with E-state index in [-0.39, 0.29) is 0 Å². The molecule has 6 heteroatoms. The Morgan fingerprint density at radius 3 is 1.84 bits per heavy atom. The third-order valence-corrected chi connectivity index (χ3v) is 12.3. The standard InChI is InChI=1S/C52H30IN3O2/c53-49-50(36-19-8-7-18-34(36)31-14-3-1-4-15-31)54-51(33-26-27-39-45(30-33)58-43-25-13-22-35(46(39)43)32-16-5-2-6-17-32)55-52(49)56-40-23-11-9-20-37(40)47-41(56)28-29-44-48(47)38-21-10-12-24-42(38)57-44/h1-30H. The molecule has 0 aliphatic carbocycles. The van der Waals surface area contributed by atoms with Crippen LogP contribution in [0.1, 0.15) is 0 Å². The molecular weight excluding hydrogens is 825 g/mol. The summed E-state index contributed by atoms with van der Waals surface area (Å²) in [6.07, 6.45) is 0. The van der Waals surface area contributed by atoms with Gasteiger partial charge in [0.1, 0.15) is 22.3 Å². The summed E-state index contributed by atoms with van der Waals surface area (Å²) in [5.74, 6) is 1.41. The van der Waals surface area contributed by atoms with E-state index in [1.807, 2.05) is 24.3 Å². The summed E-state index contributed by atoms with van der Waals surface area (Å²) in [6, 6.07) is 63.3. The SMILES string of the molecule is Ic1c(-c2ccccc2-c2ccccc2)nc(-c2ccc3c(c2)oc2cccc(-c4ccccc4)c23)nc1-n1c2ccccc2c2c3c(ccc21)oc1ccccc13. The number of nitrogens with zero attached hydrogens (tertiary/aromatic N) is 3. The minimum Gasteiger partial charge on any atom is -0.456 e. The fourth-order valence-corrected chi connectivity index (χ4v) is 9.55. The van der Waals surface area contributed by atoms with Crippen LogP contribution in [-0.2, 0) is 0 Å². The quantitative estimate of drug-likeness (QED) is 0.162.